The first-order valence-electron chi connectivity index (χ1n) is 10.8. The number of anilines is 1. The van der Waals surface area contributed by atoms with Crippen molar-refractivity contribution in [3.05, 3.63) is 41.2 Å². The van der Waals surface area contributed by atoms with Gasteiger partial charge in [0.25, 0.3) is 6.43 Å². The number of fused-ring (bicyclic) bond motifs is 2. The van der Waals surface area contributed by atoms with Crippen LogP contribution in [0.1, 0.15) is 23.9 Å². The Kier molecular flexibility index (Phi) is 5.08. The van der Waals surface area contributed by atoms with E-state index in [4.69, 9.17) is 0 Å². The van der Waals surface area contributed by atoms with Gasteiger partial charge in [0.2, 0.25) is 0 Å². The van der Waals surface area contributed by atoms with Crippen molar-refractivity contribution in [2.24, 2.45) is 5.92 Å². The third-order valence-corrected chi connectivity index (χ3v) is 6.43. The first kappa shape index (κ1) is 20.8. The summed E-state index contributed by atoms with van der Waals surface area (Å²) in [7, 11) is 0. The van der Waals surface area contributed by atoms with Crippen LogP contribution in [-0.4, -0.2) is 63.1 Å². The molecule has 2 aliphatic rings. The van der Waals surface area contributed by atoms with E-state index in [1.165, 1.54) is 0 Å². The number of urea groups is 1. The minimum absolute atomic E-state index is 0.105. The molecule has 0 radical (unpaired) electrons. The standard InChI is InChI=1S/C23H26F2N6O/c1-12-8-30(11-21(24)25)10-20(12)31-9-16-6-17-19(7-18(16)27-23(31)32)28-29-22(17)15-4-13(2)26-14(3)5-15/h4-7,12,20-21H,8-11H2,1-3H3,(H,27,32)(H,28,29)/t12-,20-/m1/s1. The Morgan fingerprint density at radius 2 is 1.91 bits per heavy atom. The lowest BCUT2D eigenvalue weighted by Crippen LogP contribution is -2.48. The summed E-state index contributed by atoms with van der Waals surface area (Å²) in [6.07, 6.45) is -2.37. The van der Waals surface area contributed by atoms with Crippen LogP contribution >= 0.6 is 0 Å². The summed E-state index contributed by atoms with van der Waals surface area (Å²) in [6, 6.07) is 7.71. The molecule has 1 saturated heterocycles. The van der Waals surface area contributed by atoms with Gasteiger partial charge in [-0.2, -0.15) is 5.10 Å². The molecule has 1 fully saturated rings. The van der Waals surface area contributed by atoms with Crippen molar-refractivity contribution in [3.8, 4) is 11.3 Å². The van der Waals surface area contributed by atoms with E-state index in [1.807, 2.05) is 39.0 Å². The van der Waals surface area contributed by atoms with E-state index in [0.29, 0.717) is 19.6 Å². The lowest BCUT2D eigenvalue weighted by molar-refractivity contribution is 0.0953. The molecule has 3 aromatic rings. The van der Waals surface area contributed by atoms with Gasteiger partial charge in [-0.3, -0.25) is 15.0 Å². The fraction of sp³-hybridized carbons (Fsp3) is 0.435. The van der Waals surface area contributed by atoms with Crippen LogP contribution in [0.2, 0.25) is 0 Å². The zero-order valence-electron chi connectivity index (χ0n) is 18.3. The van der Waals surface area contributed by atoms with E-state index >= 15 is 0 Å². The van der Waals surface area contributed by atoms with Gasteiger partial charge in [-0.15, -0.1) is 0 Å². The highest BCUT2D eigenvalue weighted by Crippen LogP contribution is 2.35. The van der Waals surface area contributed by atoms with Crippen LogP contribution < -0.4 is 5.32 Å². The predicted octanol–water partition coefficient (Wildman–Crippen LogP) is 4.17. The van der Waals surface area contributed by atoms with Crippen molar-refractivity contribution in [2.75, 3.05) is 25.0 Å². The van der Waals surface area contributed by atoms with E-state index < -0.39 is 6.43 Å². The van der Waals surface area contributed by atoms with Crippen molar-refractivity contribution in [1.82, 2.24) is 25.0 Å². The summed E-state index contributed by atoms with van der Waals surface area (Å²) >= 11 is 0. The molecule has 0 aliphatic carbocycles. The minimum Gasteiger partial charge on any atom is -0.316 e. The fourth-order valence-electron chi connectivity index (χ4n) is 5.06. The number of benzene rings is 1. The van der Waals surface area contributed by atoms with Gasteiger partial charge in [0.05, 0.1) is 18.1 Å². The number of hydrogen-bond donors (Lipinski definition) is 2. The number of alkyl halides is 2. The molecular formula is C23H26F2N6O. The Morgan fingerprint density at radius 1 is 1.16 bits per heavy atom. The third kappa shape index (κ3) is 3.70. The van der Waals surface area contributed by atoms with E-state index in [-0.39, 0.29) is 24.5 Å². The molecule has 0 bridgehead atoms. The van der Waals surface area contributed by atoms with E-state index in [2.05, 4.69) is 26.6 Å². The molecule has 2 amide bonds. The maximum absolute atomic E-state index is 12.9. The smallest absolute Gasteiger partial charge is 0.316 e. The first-order chi connectivity index (χ1) is 15.3. The number of halogens is 2. The lowest BCUT2D eigenvalue weighted by Gasteiger charge is -2.35. The van der Waals surface area contributed by atoms with Gasteiger partial charge in [0.15, 0.2) is 0 Å². The number of nitrogens with one attached hydrogen (secondary N) is 2. The molecule has 5 rings (SSSR count). The van der Waals surface area contributed by atoms with Gasteiger partial charge in [-0.25, -0.2) is 13.6 Å². The second-order valence-electron chi connectivity index (χ2n) is 8.98. The largest absolute Gasteiger partial charge is 0.322 e. The van der Waals surface area contributed by atoms with Crippen LogP contribution in [0.3, 0.4) is 0 Å². The van der Waals surface area contributed by atoms with E-state index in [1.54, 1.807) is 9.80 Å². The average molecular weight is 440 g/mol. The Morgan fingerprint density at radius 3 is 2.62 bits per heavy atom. The molecule has 1 aromatic carbocycles. The number of H-pyrrole nitrogens is 1. The number of hydrogen-bond acceptors (Lipinski definition) is 4. The molecule has 7 nitrogen and oxygen atoms in total. The molecule has 2 aromatic heterocycles. The number of likely N-dealkylation sites (tertiary alicyclic amines) is 1. The van der Waals surface area contributed by atoms with Gasteiger partial charge < -0.3 is 10.2 Å². The number of nitrogens with zero attached hydrogens (tertiary/aromatic N) is 4. The highest BCUT2D eigenvalue weighted by molar-refractivity contribution is 6.00. The zero-order valence-corrected chi connectivity index (χ0v) is 18.3. The summed E-state index contributed by atoms with van der Waals surface area (Å²) < 4.78 is 25.7. The molecule has 2 atom stereocenters. The third-order valence-electron chi connectivity index (χ3n) is 6.43. The van der Waals surface area contributed by atoms with Crippen LogP contribution in [0.4, 0.5) is 19.3 Å². The number of carbonyl (C=O) groups excluding carboxylic acids is 1. The molecule has 4 heterocycles. The molecule has 9 heteroatoms. The SMILES string of the molecule is Cc1cc(-c2n[nH]c3cc4c(cc23)CN([C@@H]2CN(CC(F)F)C[C@H]2C)C(=O)N4)cc(C)n1. The van der Waals surface area contributed by atoms with Gasteiger partial charge in [-0.05, 0) is 49.6 Å². The van der Waals surface area contributed by atoms with Gasteiger partial charge in [0, 0.05) is 47.7 Å². The van der Waals surface area contributed by atoms with Crippen molar-refractivity contribution in [2.45, 2.75) is 39.8 Å². The number of pyridine rings is 1. The van der Waals surface area contributed by atoms with Crippen molar-refractivity contribution >= 4 is 22.6 Å². The van der Waals surface area contributed by atoms with E-state index in [9.17, 15) is 13.6 Å². The summed E-state index contributed by atoms with van der Waals surface area (Å²) in [6.45, 7) is 7.15. The molecule has 168 valence electrons. The van der Waals surface area contributed by atoms with Crippen molar-refractivity contribution in [3.63, 3.8) is 0 Å². The average Bonchev–Trinajstić information content (AvgIpc) is 3.27. The summed E-state index contributed by atoms with van der Waals surface area (Å²) in [5.41, 5.74) is 6.28. The molecular weight excluding hydrogens is 414 g/mol. The Labute approximate surface area is 184 Å². The Hall–Kier alpha value is -3.07. The van der Waals surface area contributed by atoms with Gasteiger partial charge in [-0.1, -0.05) is 6.92 Å². The van der Waals surface area contributed by atoms with Crippen molar-refractivity contribution < 1.29 is 13.6 Å². The highest BCUT2D eigenvalue weighted by atomic mass is 19.3. The summed E-state index contributed by atoms with van der Waals surface area (Å²) in [5.74, 6) is 0.122. The van der Waals surface area contributed by atoms with Gasteiger partial charge >= 0.3 is 6.03 Å². The minimum atomic E-state index is -2.37. The number of aromatic amines is 1. The molecule has 0 unspecified atom stereocenters. The number of amides is 2. The normalized spacial score (nSPS) is 21.4. The number of aryl methyl sites for hydroxylation is 2. The quantitative estimate of drug-likeness (QED) is 0.638. The molecule has 0 spiro atoms. The zero-order chi connectivity index (χ0) is 22.6. The lowest BCUT2D eigenvalue weighted by atomic mass is 10.00. The van der Waals surface area contributed by atoms with Crippen LogP contribution in [-0.2, 0) is 6.54 Å². The summed E-state index contributed by atoms with van der Waals surface area (Å²) in [5, 5.41) is 11.6. The molecule has 0 saturated carbocycles. The monoisotopic (exact) mass is 440 g/mol. The number of carbonyl (C=O) groups is 1. The maximum atomic E-state index is 12.9. The highest BCUT2D eigenvalue weighted by Gasteiger charge is 2.39. The number of aromatic nitrogens is 3. The van der Waals surface area contributed by atoms with Crippen LogP contribution in [0, 0.1) is 19.8 Å². The summed E-state index contributed by atoms with van der Waals surface area (Å²) in [4.78, 5) is 20.8. The fourth-order valence-corrected chi connectivity index (χ4v) is 5.06. The topological polar surface area (TPSA) is 77.2 Å². The first-order valence-corrected chi connectivity index (χ1v) is 10.8. The Bertz CT molecular complexity index is 1170. The van der Waals surface area contributed by atoms with Gasteiger partial charge in [0.1, 0.15) is 5.69 Å². The Balaban J connectivity index is 1.47. The second-order valence-corrected chi connectivity index (χ2v) is 8.98. The number of rotatable bonds is 4. The maximum Gasteiger partial charge on any atom is 0.322 e. The second kappa shape index (κ2) is 7.81. The predicted molar refractivity (Wildman–Crippen MR) is 119 cm³/mol. The van der Waals surface area contributed by atoms with E-state index in [0.717, 1.165) is 44.8 Å². The van der Waals surface area contributed by atoms with Crippen LogP contribution in [0.5, 0.6) is 0 Å². The van der Waals surface area contributed by atoms with Crippen LogP contribution in [0.15, 0.2) is 24.3 Å². The van der Waals surface area contributed by atoms with Crippen molar-refractivity contribution in [1.29, 1.82) is 0 Å². The molecule has 2 aliphatic heterocycles. The van der Waals surface area contributed by atoms with Crippen LogP contribution in [0.25, 0.3) is 22.2 Å². The molecule has 2 N–H and O–H groups in total. The molecule has 32 heavy (non-hydrogen) atoms.